The molecule has 0 atom stereocenters. The Bertz CT molecular complexity index is 857. The van der Waals surface area contributed by atoms with E-state index in [1.807, 2.05) is 23.7 Å². The van der Waals surface area contributed by atoms with Gasteiger partial charge in [0.25, 0.3) is 0 Å². The Labute approximate surface area is 140 Å². The van der Waals surface area contributed by atoms with Crippen LogP contribution in [0.25, 0.3) is 22.2 Å². The summed E-state index contributed by atoms with van der Waals surface area (Å²) in [4.78, 5) is 8.82. The first-order valence-electron chi connectivity index (χ1n) is 7.67. The molecule has 0 radical (unpaired) electrons. The van der Waals surface area contributed by atoms with Crippen LogP contribution in [0.15, 0.2) is 24.5 Å². The average molecular weight is 331 g/mol. The van der Waals surface area contributed by atoms with Gasteiger partial charge in [0.15, 0.2) is 5.65 Å². The van der Waals surface area contributed by atoms with Gasteiger partial charge in [0.2, 0.25) is 0 Å². The standard InChI is InChI=1S/C17H19ClN4O/c1-4-22-17-12(8-20-22)15(11-5-6-19-14(18)7-11)13(9-23)16(21-17)10(2)3/h5-8,10,23H,4,9H2,1-3H3. The van der Waals surface area contributed by atoms with Crippen LogP contribution >= 0.6 is 11.6 Å². The molecule has 0 aliphatic rings. The van der Waals surface area contributed by atoms with Crippen molar-refractivity contribution >= 4 is 22.6 Å². The van der Waals surface area contributed by atoms with E-state index in [9.17, 15) is 5.11 Å². The molecule has 5 nitrogen and oxygen atoms in total. The van der Waals surface area contributed by atoms with Gasteiger partial charge >= 0.3 is 0 Å². The molecule has 3 aromatic heterocycles. The van der Waals surface area contributed by atoms with Crippen molar-refractivity contribution < 1.29 is 5.11 Å². The average Bonchev–Trinajstić information content (AvgIpc) is 2.95. The summed E-state index contributed by atoms with van der Waals surface area (Å²) in [5, 5.41) is 15.7. The largest absolute Gasteiger partial charge is 0.392 e. The highest BCUT2D eigenvalue weighted by molar-refractivity contribution is 6.29. The smallest absolute Gasteiger partial charge is 0.158 e. The fraction of sp³-hybridized carbons (Fsp3) is 0.353. The molecule has 0 aliphatic carbocycles. The number of nitrogens with zero attached hydrogens (tertiary/aromatic N) is 4. The summed E-state index contributed by atoms with van der Waals surface area (Å²) < 4.78 is 1.87. The van der Waals surface area contributed by atoms with E-state index in [-0.39, 0.29) is 12.5 Å². The van der Waals surface area contributed by atoms with Crippen LogP contribution in [0.2, 0.25) is 5.15 Å². The van der Waals surface area contributed by atoms with Crippen molar-refractivity contribution in [2.24, 2.45) is 0 Å². The predicted molar refractivity (Wildman–Crippen MR) is 91.5 cm³/mol. The van der Waals surface area contributed by atoms with Crippen LogP contribution < -0.4 is 0 Å². The highest BCUT2D eigenvalue weighted by Crippen LogP contribution is 2.36. The van der Waals surface area contributed by atoms with Gasteiger partial charge in [-0.05, 0) is 30.5 Å². The lowest BCUT2D eigenvalue weighted by atomic mass is 9.93. The highest BCUT2D eigenvalue weighted by Gasteiger charge is 2.20. The number of halogens is 1. The molecule has 0 amide bonds. The molecule has 1 N–H and O–H groups in total. The fourth-order valence-electron chi connectivity index (χ4n) is 2.90. The fourth-order valence-corrected chi connectivity index (χ4v) is 3.08. The first-order valence-corrected chi connectivity index (χ1v) is 8.05. The highest BCUT2D eigenvalue weighted by atomic mass is 35.5. The number of aryl methyl sites for hydroxylation is 1. The normalized spacial score (nSPS) is 11.6. The van der Waals surface area contributed by atoms with E-state index in [2.05, 4.69) is 23.9 Å². The minimum absolute atomic E-state index is 0.0803. The molecule has 6 heteroatoms. The van der Waals surface area contributed by atoms with E-state index in [4.69, 9.17) is 16.6 Å². The summed E-state index contributed by atoms with van der Waals surface area (Å²) in [6.07, 6.45) is 3.48. The van der Waals surface area contributed by atoms with Crippen molar-refractivity contribution in [1.82, 2.24) is 19.7 Å². The zero-order valence-electron chi connectivity index (χ0n) is 13.4. The predicted octanol–water partition coefficient (Wildman–Crippen LogP) is 3.78. The summed E-state index contributed by atoms with van der Waals surface area (Å²) in [5.74, 6) is 0.192. The number of rotatable bonds is 4. The van der Waals surface area contributed by atoms with Crippen LogP contribution in [0.4, 0.5) is 0 Å². The zero-order chi connectivity index (χ0) is 16.6. The number of hydrogen-bond acceptors (Lipinski definition) is 4. The van der Waals surface area contributed by atoms with Crippen molar-refractivity contribution in [2.45, 2.75) is 39.8 Å². The Morgan fingerprint density at radius 2 is 2.13 bits per heavy atom. The van der Waals surface area contributed by atoms with Crippen LogP contribution in [0.3, 0.4) is 0 Å². The summed E-state index contributed by atoms with van der Waals surface area (Å²) in [7, 11) is 0. The maximum Gasteiger partial charge on any atom is 0.158 e. The Morgan fingerprint density at radius 3 is 2.74 bits per heavy atom. The van der Waals surface area contributed by atoms with Gasteiger partial charge in [-0.2, -0.15) is 5.10 Å². The van der Waals surface area contributed by atoms with E-state index in [1.54, 1.807) is 12.4 Å². The van der Waals surface area contributed by atoms with Gasteiger partial charge in [0, 0.05) is 29.3 Å². The number of hydrogen-bond donors (Lipinski definition) is 1. The van der Waals surface area contributed by atoms with E-state index < -0.39 is 0 Å². The molecule has 0 spiro atoms. The molecule has 3 rings (SSSR count). The molecule has 3 heterocycles. The molecule has 0 aliphatic heterocycles. The number of fused-ring (bicyclic) bond motifs is 1. The minimum Gasteiger partial charge on any atom is -0.392 e. The third-order valence-corrected chi connectivity index (χ3v) is 4.14. The van der Waals surface area contributed by atoms with Crippen molar-refractivity contribution in [3.05, 3.63) is 40.9 Å². The monoisotopic (exact) mass is 330 g/mol. The quantitative estimate of drug-likeness (QED) is 0.739. The van der Waals surface area contributed by atoms with Crippen molar-refractivity contribution in [3.63, 3.8) is 0 Å². The van der Waals surface area contributed by atoms with Crippen LogP contribution in [0, 0.1) is 0 Å². The number of aliphatic hydroxyl groups is 1. The third kappa shape index (κ3) is 2.71. The maximum atomic E-state index is 9.99. The topological polar surface area (TPSA) is 63.8 Å². The zero-order valence-corrected chi connectivity index (χ0v) is 14.2. The van der Waals surface area contributed by atoms with Crippen molar-refractivity contribution in [2.75, 3.05) is 0 Å². The third-order valence-electron chi connectivity index (χ3n) is 3.94. The SMILES string of the molecule is CCn1ncc2c(-c3ccnc(Cl)c3)c(CO)c(C(C)C)nc21. The van der Waals surface area contributed by atoms with E-state index in [0.29, 0.717) is 5.15 Å². The van der Waals surface area contributed by atoms with Gasteiger partial charge in [0.1, 0.15) is 5.15 Å². The number of pyridine rings is 2. The van der Waals surface area contributed by atoms with Gasteiger partial charge in [-0.15, -0.1) is 0 Å². The molecule has 23 heavy (non-hydrogen) atoms. The molecule has 0 fully saturated rings. The lowest BCUT2D eigenvalue weighted by Gasteiger charge is -2.17. The Morgan fingerprint density at radius 1 is 1.35 bits per heavy atom. The first kappa shape index (κ1) is 15.9. The minimum atomic E-state index is -0.0803. The summed E-state index contributed by atoms with van der Waals surface area (Å²) in [6, 6.07) is 3.70. The summed E-state index contributed by atoms with van der Waals surface area (Å²) in [6.45, 7) is 6.84. The molecule has 0 unspecified atom stereocenters. The van der Waals surface area contributed by atoms with Crippen LogP contribution in [0.5, 0.6) is 0 Å². The van der Waals surface area contributed by atoms with Gasteiger partial charge in [-0.1, -0.05) is 25.4 Å². The number of aromatic nitrogens is 4. The number of aliphatic hydroxyl groups excluding tert-OH is 1. The molecule has 0 saturated carbocycles. The van der Waals surface area contributed by atoms with Crippen LogP contribution in [-0.2, 0) is 13.2 Å². The van der Waals surface area contributed by atoms with Crippen LogP contribution in [0.1, 0.15) is 37.9 Å². The van der Waals surface area contributed by atoms with Gasteiger partial charge in [0.05, 0.1) is 18.5 Å². The lowest BCUT2D eigenvalue weighted by Crippen LogP contribution is -2.06. The molecular weight excluding hydrogens is 312 g/mol. The van der Waals surface area contributed by atoms with E-state index in [0.717, 1.165) is 40.0 Å². The van der Waals surface area contributed by atoms with Gasteiger partial charge < -0.3 is 5.11 Å². The Balaban J connectivity index is 2.43. The van der Waals surface area contributed by atoms with E-state index >= 15 is 0 Å². The summed E-state index contributed by atoms with van der Waals surface area (Å²) >= 11 is 6.07. The van der Waals surface area contributed by atoms with Gasteiger partial charge in [-0.25, -0.2) is 14.6 Å². The lowest BCUT2D eigenvalue weighted by molar-refractivity contribution is 0.280. The molecular formula is C17H19ClN4O. The van der Waals surface area contributed by atoms with E-state index in [1.165, 1.54) is 0 Å². The Kier molecular flexibility index (Phi) is 4.33. The van der Waals surface area contributed by atoms with Crippen LogP contribution in [-0.4, -0.2) is 24.9 Å². The molecule has 0 saturated heterocycles. The molecule has 0 aromatic carbocycles. The Hall–Kier alpha value is -1.98. The van der Waals surface area contributed by atoms with Crippen molar-refractivity contribution in [1.29, 1.82) is 0 Å². The summed E-state index contributed by atoms with van der Waals surface area (Å²) in [5.41, 5.74) is 4.39. The second-order valence-corrected chi connectivity index (χ2v) is 6.12. The maximum absolute atomic E-state index is 9.99. The molecule has 3 aromatic rings. The first-order chi connectivity index (χ1) is 11.1. The van der Waals surface area contributed by atoms with Gasteiger partial charge in [-0.3, -0.25) is 0 Å². The molecule has 0 bridgehead atoms. The second kappa shape index (κ2) is 6.26. The molecule has 120 valence electrons. The second-order valence-electron chi connectivity index (χ2n) is 5.73. The van der Waals surface area contributed by atoms with Crippen molar-refractivity contribution in [3.8, 4) is 11.1 Å².